The van der Waals surface area contributed by atoms with Gasteiger partial charge in [0.25, 0.3) is 0 Å². The molecule has 32 heavy (non-hydrogen) atoms. The molecular weight excluding hydrogens is 416 g/mol. The van der Waals surface area contributed by atoms with Crippen LogP contribution in [0.3, 0.4) is 0 Å². The number of pyridine rings is 1. The lowest BCUT2D eigenvalue weighted by Gasteiger charge is -2.13. The molecule has 7 nitrogen and oxygen atoms in total. The molecule has 3 aromatic heterocycles. The van der Waals surface area contributed by atoms with Gasteiger partial charge in [-0.3, -0.25) is 14.8 Å². The highest BCUT2D eigenvalue weighted by Gasteiger charge is 2.22. The topological polar surface area (TPSA) is 94.1 Å². The van der Waals surface area contributed by atoms with Gasteiger partial charge in [-0.1, -0.05) is 11.2 Å². The molecule has 0 unspecified atom stereocenters. The van der Waals surface area contributed by atoms with Crippen LogP contribution in [0, 0.1) is 11.6 Å². The van der Waals surface area contributed by atoms with Crippen LogP contribution in [0.15, 0.2) is 58.6 Å². The van der Waals surface area contributed by atoms with Crippen LogP contribution >= 0.6 is 0 Å². The summed E-state index contributed by atoms with van der Waals surface area (Å²) in [5, 5.41) is 3.48. The number of benzene rings is 1. The van der Waals surface area contributed by atoms with Crippen LogP contribution in [-0.2, 0) is 19.3 Å². The number of Topliss-reactive ketones (excluding diaryl/α,β-unsaturated/α-hetero) is 1. The van der Waals surface area contributed by atoms with E-state index in [1.165, 1.54) is 24.7 Å². The van der Waals surface area contributed by atoms with E-state index >= 15 is 4.39 Å². The lowest BCUT2D eigenvalue weighted by atomic mass is 9.97. The van der Waals surface area contributed by atoms with E-state index in [9.17, 15) is 9.18 Å². The number of halogens is 2. The molecule has 0 saturated carbocycles. The number of hydrogen-bond acceptors (Lipinski definition) is 7. The van der Waals surface area contributed by atoms with Crippen molar-refractivity contribution < 1.29 is 18.1 Å². The van der Waals surface area contributed by atoms with Crippen molar-refractivity contribution >= 4 is 17.7 Å². The molecule has 4 heterocycles. The molecule has 0 spiro atoms. The number of fused-ring (bicyclic) bond motifs is 1. The maximum atomic E-state index is 15.3. The minimum Gasteiger partial charge on any atom is -0.353 e. The average Bonchev–Trinajstić information content (AvgIpc) is 3.51. The van der Waals surface area contributed by atoms with Gasteiger partial charge >= 0.3 is 0 Å². The van der Waals surface area contributed by atoms with Crippen molar-refractivity contribution in [2.75, 3.05) is 0 Å². The van der Waals surface area contributed by atoms with Gasteiger partial charge in [-0.2, -0.15) is 0 Å². The summed E-state index contributed by atoms with van der Waals surface area (Å²) in [4.78, 5) is 29.6. The van der Waals surface area contributed by atoms with Crippen molar-refractivity contribution in [3.63, 3.8) is 0 Å². The zero-order chi connectivity index (χ0) is 22.1. The second kappa shape index (κ2) is 8.18. The van der Waals surface area contributed by atoms with Crippen LogP contribution in [0.4, 0.5) is 14.5 Å². The first-order valence-corrected chi connectivity index (χ1v) is 9.82. The van der Waals surface area contributed by atoms with Crippen LogP contribution in [0.25, 0.3) is 11.3 Å². The Kier molecular flexibility index (Phi) is 5.06. The highest BCUT2D eigenvalue weighted by Crippen LogP contribution is 2.35. The molecule has 0 atom stereocenters. The smallest absolute Gasteiger partial charge is 0.205 e. The highest BCUT2D eigenvalue weighted by molar-refractivity contribution is 5.94. The first-order chi connectivity index (χ1) is 15.6. The van der Waals surface area contributed by atoms with Gasteiger partial charge in [-0.15, -0.1) is 0 Å². The Morgan fingerprint density at radius 3 is 2.81 bits per heavy atom. The third kappa shape index (κ3) is 3.58. The van der Waals surface area contributed by atoms with Gasteiger partial charge < -0.3 is 4.52 Å². The molecule has 0 N–H and O–H groups in total. The van der Waals surface area contributed by atoms with E-state index in [2.05, 4.69) is 25.1 Å². The number of aromatic nitrogens is 4. The molecule has 1 aromatic carbocycles. The standard InChI is InChI=1S/C23H15F2N5O2/c24-16-4-3-13(10-19(31)20-6-9-30-32-20)21(25)15(16)11-18-14(2-1-7-26-18)22-23-17(5-8-27-23)28-12-29-22/h1-4,6-9,12H,5,10-11H2. The molecule has 0 fully saturated rings. The molecule has 5 rings (SSSR count). The predicted molar refractivity (Wildman–Crippen MR) is 111 cm³/mol. The Balaban J connectivity index is 1.51. The van der Waals surface area contributed by atoms with Crippen molar-refractivity contribution in [1.82, 2.24) is 20.1 Å². The quantitative estimate of drug-likeness (QED) is 0.427. The summed E-state index contributed by atoms with van der Waals surface area (Å²) in [6, 6.07) is 7.31. The van der Waals surface area contributed by atoms with E-state index in [0.717, 1.165) is 11.8 Å². The molecule has 9 heteroatoms. The largest absolute Gasteiger partial charge is 0.353 e. The first kappa shape index (κ1) is 19.8. The highest BCUT2D eigenvalue weighted by atomic mass is 19.1. The molecule has 0 saturated heterocycles. The molecule has 0 amide bonds. The third-order valence-electron chi connectivity index (χ3n) is 5.22. The minimum atomic E-state index is -0.791. The van der Waals surface area contributed by atoms with Crippen LogP contribution in [-0.4, -0.2) is 32.1 Å². The van der Waals surface area contributed by atoms with Gasteiger partial charge in [-0.25, -0.2) is 18.7 Å². The summed E-state index contributed by atoms with van der Waals surface area (Å²) in [6.07, 6.45) is 6.26. The van der Waals surface area contributed by atoms with E-state index in [1.807, 2.05) is 0 Å². The zero-order valence-corrected chi connectivity index (χ0v) is 16.6. The summed E-state index contributed by atoms with van der Waals surface area (Å²) in [5.41, 5.74) is 2.92. The summed E-state index contributed by atoms with van der Waals surface area (Å²) in [6.45, 7) is 0. The number of ketones is 1. The van der Waals surface area contributed by atoms with Gasteiger partial charge in [0.1, 0.15) is 29.3 Å². The van der Waals surface area contributed by atoms with E-state index in [0.29, 0.717) is 29.1 Å². The van der Waals surface area contributed by atoms with E-state index in [4.69, 9.17) is 4.52 Å². The second-order valence-electron chi connectivity index (χ2n) is 7.18. The number of carbonyl (C=O) groups excluding carboxylic acids is 1. The summed E-state index contributed by atoms with van der Waals surface area (Å²) >= 11 is 0. The Hall–Kier alpha value is -4.14. The monoisotopic (exact) mass is 431 g/mol. The summed E-state index contributed by atoms with van der Waals surface area (Å²) in [7, 11) is 0. The Morgan fingerprint density at radius 2 is 1.97 bits per heavy atom. The van der Waals surface area contributed by atoms with Crippen LogP contribution in [0.2, 0.25) is 0 Å². The van der Waals surface area contributed by atoms with Gasteiger partial charge in [0.05, 0.1) is 17.6 Å². The number of aliphatic imine (C=N–C) groups is 1. The third-order valence-corrected chi connectivity index (χ3v) is 5.22. The molecule has 4 aromatic rings. The fourth-order valence-electron chi connectivity index (χ4n) is 3.65. The maximum absolute atomic E-state index is 15.3. The number of nitrogens with zero attached hydrogens (tertiary/aromatic N) is 5. The van der Waals surface area contributed by atoms with Gasteiger partial charge in [-0.05, 0) is 23.8 Å². The molecule has 0 aliphatic carbocycles. The van der Waals surface area contributed by atoms with E-state index in [-0.39, 0.29) is 29.7 Å². The fraction of sp³-hybridized carbons (Fsp3) is 0.130. The number of carbonyl (C=O) groups is 1. The van der Waals surface area contributed by atoms with Crippen molar-refractivity contribution in [1.29, 1.82) is 0 Å². The lowest BCUT2D eigenvalue weighted by Crippen LogP contribution is -2.09. The minimum absolute atomic E-state index is 0.0143. The van der Waals surface area contributed by atoms with Crippen molar-refractivity contribution in [3.8, 4) is 11.3 Å². The molecule has 1 aliphatic rings. The normalized spacial score (nSPS) is 12.2. The Labute approximate surface area is 180 Å². The number of rotatable bonds is 6. The van der Waals surface area contributed by atoms with Gasteiger partial charge in [0.2, 0.25) is 11.5 Å². The second-order valence-corrected chi connectivity index (χ2v) is 7.18. The van der Waals surface area contributed by atoms with E-state index in [1.54, 1.807) is 24.5 Å². The molecular formula is C23H15F2N5O2. The summed E-state index contributed by atoms with van der Waals surface area (Å²) < 4.78 is 34.7. The Bertz CT molecular complexity index is 1350. The van der Waals surface area contributed by atoms with Crippen LogP contribution in [0.5, 0.6) is 0 Å². The molecule has 158 valence electrons. The lowest BCUT2D eigenvalue weighted by molar-refractivity contribution is 0.0956. The van der Waals surface area contributed by atoms with Crippen LogP contribution in [0.1, 0.15) is 33.1 Å². The fourth-order valence-corrected chi connectivity index (χ4v) is 3.65. The van der Waals surface area contributed by atoms with Crippen molar-refractivity contribution in [3.05, 3.63) is 89.0 Å². The van der Waals surface area contributed by atoms with Crippen molar-refractivity contribution in [2.45, 2.75) is 19.3 Å². The van der Waals surface area contributed by atoms with Crippen LogP contribution < -0.4 is 0 Å². The Morgan fingerprint density at radius 1 is 1.06 bits per heavy atom. The average molecular weight is 431 g/mol. The SMILES string of the molecule is O=C(Cc1ccc(F)c(Cc2ncccc2-c2ncnc3c2N=CC3)c1F)c1ccno1. The van der Waals surface area contributed by atoms with E-state index < -0.39 is 17.4 Å². The summed E-state index contributed by atoms with van der Waals surface area (Å²) in [5.74, 6) is -1.95. The van der Waals surface area contributed by atoms with Gasteiger partial charge in [0, 0.05) is 48.9 Å². The molecule has 0 radical (unpaired) electrons. The molecule has 1 aliphatic heterocycles. The molecule has 0 bridgehead atoms. The predicted octanol–water partition coefficient (Wildman–Crippen LogP) is 4.08. The maximum Gasteiger partial charge on any atom is 0.205 e. The number of hydrogen-bond donors (Lipinski definition) is 0. The first-order valence-electron chi connectivity index (χ1n) is 9.82. The van der Waals surface area contributed by atoms with Crippen molar-refractivity contribution in [2.24, 2.45) is 4.99 Å². The van der Waals surface area contributed by atoms with Gasteiger partial charge in [0.15, 0.2) is 0 Å². The zero-order valence-electron chi connectivity index (χ0n) is 16.6.